The average molecular weight is 765 g/mol. The minimum Gasteiger partial charge on any atom is -0.465 e. The molecule has 2 saturated heterocycles. The zero-order chi connectivity index (χ0) is 39.3. The number of carbonyl (C=O) groups is 4. The van der Waals surface area contributed by atoms with Crippen molar-refractivity contribution in [1.29, 1.82) is 0 Å². The lowest BCUT2D eigenvalue weighted by molar-refractivity contribution is -0.139. The summed E-state index contributed by atoms with van der Waals surface area (Å²) < 4.78 is 72.4. The second-order valence-corrected chi connectivity index (χ2v) is 14.4. The van der Waals surface area contributed by atoms with E-state index in [1.807, 2.05) is 11.9 Å². The molecule has 4 aromatic rings. The number of aromatic nitrogens is 1. The maximum absolute atomic E-state index is 15.4. The van der Waals surface area contributed by atoms with Gasteiger partial charge in [-0.1, -0.05) is 13.8 Å². The van der Waals surface area contributed by atoms with Gasteiger partial charge < -0.3 is 34.9 Å². The molecule has 16 heteroatoms. The van der Waals surface area contributed by atoms with Gasteiger partial charge in [0, 0.05) is 41.0 Å². The van der Waals surface area contributed by atoms with E-state index in [0.717, 1.165) is 13.0 Å². The molecule has 0 spiro atoms. The fraction of sp³-hybridized carbons (Fsp3) is 0.385. The van der Waals surface area contributed by atoms with E-state index in [4.69, 9.17) is 4.74 Å². The number of rotatable bonds is 8. The largest absolute Gasteiger partial charge is 0.465 e. The summed E-state index contributed by atoms with van der Waals surface area (Å²) in [6.07, 6.45) is 0.0222. The molecule has 3 unspecified atom stereocenters. The predicted octanol–water partition coefficient (Wildman–Crippen LogP) is 6.15. The molecule has 4 atom stereocenters. The molecule has 0 saturated carbocycles. The molecule has 3 aliphatic heterocycles. The van der Waals surface area contributed by atoms with Gasteiger partial charge >= 0.3 is 6.09 Å². The van der Waals surface area contributed by atoms with Gasteiger partial charge in [-0.25, -0.2) is 22.4 Å². The molecule has 3 aromatic carbocycles. The van der Waals surface area contributed by atoms with Crippen LogP contribution in [0, 0.1) is 29.2 Å². The summed E-state index contributed by atoms with van der Waals surface area (Å²) in [7, 11) is 3.05. The molecule has 3 aliphatic rings. The number of likely N-dealkylation sites (tertiary alicyclic amines) is 2. The Kier molecular flexibility index (Phi) is 10.2. The summed E-state index contributed by atoms with van der Waals surface area (Å²) in [6, 6.07) is 9.30. The Morgan fingerprint density at radius 2 is 1.47 bits per heavy atom. The molecular formula is C39H40F4N6O6. The number of likely N-dealkylation sites (N-methyl/N-ethyl adjacent to an activating group) is 1. The van der Waals surface area contributed by atoms with E-state index in [0.29, 0.717) is 59.3 Å². The Morgan fingerprint density at radius 3 is 2.13 bits per heavy atom. The second-order valence-electron chi connectivity index (χ2n) is 14.4. The van der Waals surface area contributed by atoms with Crippen molar-refractivity contribution in [2.45, 2.75) is 63.9 Å². The average Bonchev–Trinajstić information content (AvgIpc) is 3.91. The van der Waals surface area contributed by atoms with Gasteiger partial charge in [-0.05, 0) is 81.6 Å². The number of nitrogens with zero attached hydrogens (tertiary/aromatic N) is 3. The van der Waals surface area contributed by atoms with E-state index in [1.54, 1.807) is 50.2 Å². The topological polar surface area (TPSA) is 134 Å². The molecule has 1 aromatic heterocycles. The van der Waals surface area contributed by atoms with Crippen molar-refractivity contribution < 1.29 is 46.2 Å². The predicted molar refractivity (Wildman–Crippen MR) is 194 cm³/mol. The number of benzene rings is 3. The minimum atomic E-state index is -1.72. The summed E-state index contributed by atoms with van der Waals surface area (Å²) in [6.45, 7) is 4.62. The number of anilines is 2. The minimum absolute atomic E-state index is 0.0993. The van der Waals surface area contributed by atoms with Crippen molar-refractivity contribution in [1.82, 2.24) is 19.7 Å². The van der Waals surface area contributed by atoms with Crippen LogP contribution in [-0.2, 0) is 19.1 Å². The van der Waals surface area contributed by atoms with E-state index in [2.05, 4.69) is 20.7 Å². The van der Waals surface area contributed by atoms with Gasteiger partial charge in [-0.15, -0.1) is 0 Å². The quantitative estimate of drug-likeness (QED) is 0.145. The maximum Gasteiger partial charge on any atom is 0.407 e. The van der Waals surface area contributed by atoms with Gasteiger partial charge in [-0.3, -0.25) is 19.3 Å². The number of nitrogens with one attached hydrogen (secondary N) is 3. The van der Waals surface area contributed by atoms with Crippen LogP contribution in [0.4, 0.5) is 33.7 Å². The lowest BCUT2D eigenvalue weighted by Gasteiger charge is -2.31. The molecule has 3 N–H and O–H groups in total. The molecular weight excluding hydrogens is 724 g/mol. The summed E-state index contributed by atoms with van der Waals surface area (Å²) in [5, 5.41) is 8.76. The number of hydrogen-bond acceptors (Lipinski definition) is 7. The first-order chi connectivity index (χ1) is 26.3. The van der Waals surface area contributed by atoms with Crippen LogP contribution in [0.15, 0.2) is 48.5 Å². The number of halogens is 4. The fourth-order valence-electron chi connectivity index (χ4n) is 7.73. The summed E-state index contributed by atoms with van der Waals surface area (Å²) in [5.41, 5.74) is 0.909. The number of carbonyl (C=O) groups excluding carboxylic acids is 4. The highest BCUT2D eigenvalue weighted by atomic mass is 19.2. The van der Waals surface area contributed by atoms with Gasteiger partial charge in [0.15, 0.2) is 23.3 Å². The monoisotopic (exact) mass is 764 g/mol. The van der Waals surface area contributed by atoms with Gasteiger partial charge in [-0.2, -0.15) is 0 Å². The molecule has 12 nitrogen and oxygen atoms in total. The first-order valence-electron chi connectivity index (χ1n) is 18.0. The molecule has 2 fully saturated rings. The molecule has 4 heterocycles. The van der Waals surface area contributed by atoms with E-state index in [1.165, 1.54) is 22.6 Å². The number of fused-ring (bicyclic) bond motifs is 5. The first kappa shape index (κ1) is 37.7. The molecule has 55 heavy (non-hydrogen) atoms. The fourth-order valence-corrected chi connectivity index (χ4v) is 7.73. The van der Waals surface area contributed by atoms with E-state index < -0.39 is 65.1 Å². The summed E-state index contributed by atoms with van der Waals surface area (Å²) in [4.78, 5) is 55.6. The van der Waals surface area contributed by atoms with E-state index in [-0.39, 0.29) is 29.7 Å². The zero-order valence-corrected chi connectivity index (χ0v) is 30.6. The van der Waals surface area contributed by atoms with Crippen LogP contribution in [0.3, 0.4) is 0 Å². The van der Waals surface area contributed by atoms with Crippen molar-refractivity contribution >= 4 is 46.1 Å². The van der Waals surface area contributed by atoms with Crippen LogP contribution >= 0.6 is 0 Å². The normalized spacial score (nSPS) is 19.8. The van der Waals surface area contributed by atoms with E-state index in [9.17, 15) is 28.0 Å². The molecule has 0 bridgehead atoms. The van der Waals surface area contributed by atoms with Gasteiger partial charge in [0.05, 0.1) is 29.9 Å². The Balaban J connectivity index is 1.23. The standard InChI is InChI=1S/C39H40F4N6O6/c1-19(2)34(46-39(53)54-4)37(52)48-14-6-8-28(48)36(51)44-21-10-12-26-20(15-21)16-29-23-11-9-22(45-35(50)27-7-5-13-47(27)3)17-30(23)55-38(49(26)29)31-32(42)24(40)18-25(41)33(31)43/h9-12,15-19,27-28,34,38H,5-8,13-14H2,1-4H3,(H,44,51)(H,45,50)(H,46,53)/t27-,28?,34?,38?/m0/s1. The summed E-state index contributed by atoms with van der Waals surface area (Å²) in [5.74, 6) is -7.76. The van der Waals surface area contributed by atoms with Crippen LogP contribution in [0.1, 0.15) is 51.3 Å². The van der Waals surface area contributed by atoms with Gasteiger partial charge in [0.25, 0.3) is 0 Å². The van der Waals surface area contributed by atoms with Gasteiger partial charge in [0.2, 0.25) is 23.9 Å². The van der Waals surface area contributed by atoms with Crippen LogP contribution in [0.25, 0.3) is 22.2 Å². The van der Waals surface area contributed by atoms with Gasteiger partial charge in [0.1, 0.15) is 17.8 Å². The smallest absolute Gasteiger partial charge is 0.407 e. The molecule has 4 amide bonds. The first-order valence-corrected chi connectivity index (χ1v) is 18.0. The Bertz CT molecular complexity index is 2180. The number of methoxy groups -OCH3 is 1. The molecule has 0 radical (unpaired) electrons. The van der Waals surface area contributed by atoms with Crippen LogP contribution in [0.5, 0.6) is 5.75 Å². The lowest BCUT2D eigenvalue weighted by Crippen LogP contribution is -2.54. The van der Waals surface area contributed by atoms with Crippen molar-refractivity contribution in [2.75, 3.05) is 37.9 Å². The van der Waals surface area contributed by atoms with E-state index >= 15 is 8.78 Å². The Labute approximate surface area is 313 Å². The van der Waals surface area contributed by atoms with Crippen molar-refractivity contribution in [3.05, 3.63) is 77.4 Å². The number of amides is 4. The highest BCUT2D eigenvalue weighted by Gasteiger charge is 2.40. The molecule has 0 aliphatic carbocycles. The summed E-state index contributed by atoms with van der Waals surface area (Å²) >= 11 is 0. The third-order valence-corrected chi connectivity index (χ3v) is 10.6. The van der Waals surface area contributed by atoms with Crippen LogP contribution in [-0.4, -0.2) is 83.6 Å². The van der Waals surface area contributed by atoms with Crippen LogP contribution in [0.2, 0.25) is 0 Å². The number of ether oxygens (including phenoxy) is 2. The third kappa shape index (κ3) is 6.94. The highest BCUT2D eigenvalue weighted by Crippen LogP contribution is 2.46. The SMILES string of the molecule is COC(=O)NC(C(=O)N1CCCC1C(=O)Nc1ccc2c(c1)cc1n2C(c2c(F)c(F)cc(F)c2F)Oc2cc(NC(=O)[C@@H]3CCCN3C)ccc2-1)C(C)C. The third-order valence-electron chi connectivity index (χ3n) is 10.6. The lowest BCUT2D eigenvalue weighted by atomic mass is 10.0. The number of hydrogen-bond donors (Lipinski definition) is 3. The Morgan fingerprint density at radius 1 is 0.836 bits per heavy atom. The van der Waals surface area contributed by atoms with Crippen molar-refractivity contribution in [2.24, 2.45) is 5.92 Å². The Hall–Kier alpha value is -5.64. The zero-order valence-electron chi connectivity index (χ0n) is 30.6. The number of alkyl carbamates (subject to hydrolysis) is 1. The van der Waals surface area contributed by atoms with Crippen molar-refractivity contribution in [3.63, 3.8) is 0 Å². The highest BCUT2D eigenvalue weighted by molar-refractivity contribution is 6.01. The van der Waals surface area contributed by atoms with Crippen LogP contribution < -0.4 is 20.7 Å². The molecule has 290 valence electrons. The molecule has 7 rings (SSSR count). The van der Waals surface area contributed by atoms with Crippen molar-refractivity contribution in [3.8, 4) is 17.0 Å². The second kappa shape index (κ2) is 14.9. The maximum atomic E-state index is 15.4.